The fraction of sp³-hybridized carbons (Fsp3) is 0.136. The molecule has 3 aromatic rings. The Morgan fingerprint density at radius 1 is 1.07 bits per heavy atom. The van der Waals surface area contributed by atoms with Gasteiger partial charge in [0.2, 0.25) is 0 Å². The Morgan fingerprint density at radius 2 is 1.79 bits per heavy atom. The lowest BCUT2D eigenvalue weighted by Gasteiger charge is -2.13. The number of hydrogen-bond acceptors (Lipinski definition) is 2. The molecule has 0 atom stereocenters. The van der Waals surface area contributed by atoms with Crippen molar-refractivity contribution in [2.45, 2.75) is 13.3 Å². The molecule has 0 fully saturated rings. The molecule has 0 aromatic heterocycles. The number of halogens is 3. The Morgan fingerprint density at radius 3 is 2.43 bits per heavy atom. The highest BCUT2D eigenvalue weighted by atomic mass is 35.5. The monoisotopic (exact) mass is 418 g/mol. The molecule has 144 valence electrons. The van der Waals surface area contributed by atoms with Crippen LogP contribution >= 0.6 is 23.2 Å². The molecule has 6 heteroatoms. The van der Waals surface area contributed by atoms with Crippen molar-refractivity contribution < 1.29 is 19.0 Å². The van der Waals surface area contributed by atoms with Crippen LogP contribution in [0.5, 0.6) is 5.75 Å². The van der Waals surface area contributed by atoms with E-state index in [1.54, 1.807) is 18.2 Å². The summed E-state index contributed by atoms with van der Waals surface area (Å²) in [6.45, 7) is 1.50. The summed E-state index contributed by atoms with van der Waals surface area (Å²) in [5, 5.41) is 9.49. The third-order valence-electron chi connectivity index (χ3n) is 4.30. The zero-order chi connectivity index (χ0) is 20.3. The maximum atomic E-state index is 13.6. The quantitative estimate of drug-likeness (QED) is 0.521. The highest BCUT2D eigenvalue weighted by Gasteiger charge is 2.12. The van der Waals surface area contributed by atoms with Crippen molar-refractivity contribution in [2.24, 2.45) is 0 Å². The standard InChI is InChI=1S/C22H17Cl2FO3/c1-13-5-6-14(7-18(13)15-3-2-4-16(25)9-15)8-19-20(23)10-17(11-21(19)24)28-12-22(26)27/h2-7,9-11H,8,12H2,1H3,(H,26,27). The van der Waals surface area contributed by atoms with Crippen LogP contribution in [0.1, 0.15) is 16.7 Å². The molecular formula is C22H17Cl2FO3. The summed E-state index contributed by atoms with van der Waals surface area (Å²) >= 11 is 12.7. The molecule has 0 aliphatic heterocycles. The fourth-order valence-corrected chi connectivity index (χ4v) is 3.53. The molecule has 0 heterocycles. The highest BCUT2D eigenvalue weighted by Crippen LogP contribution is 2.33. The van der Waals surface area contributed by atoms with Gasteiger partial charge >= 0.3 is 5.97 Å². The molecule has 3 aromatic carbocycles. The summed E-state index contributed by atoms with van der Waals surface area (Å²) in [7, 11) is 0. The average Bonchev–Trinajstić information content (AvgIpc) is 2.64. The number of hydrogen-bond donors (Lipinski definition) is 1. The number of carbonyl (C=O) groups is 1. The molecule has 28 heavy (non-hydrogen) atoms. The first-order valence-corrected chi connectivity index (χ1v) is 9.27. The van der Waals surface area contributed by atoms with E-state index in [1.807, 2.05) is 31.2 Å². The van der Waals surface area contributed by atoms with Gasteiger partial charge in [0.05, 0.1) is 0 Å². The van der Waals surface area contributed by atoms with E-state index in [2.05, 4.69) is 0 Å². The Kier molecular flexibility index (Phi) is 6.22. The van der Waals surface area contributed by atoms with E-state index in [0.717, 1.165) is 22.3 Å². The minimum absolute atomic E-state index is 0.287. The average molecular weight is 419 g/mol. The fourth-order valence-electron chi connectivity index (χ4n) is 2.93. The lowest BCUT2D eigenvalue weighted by Crippen LogP contribution is -2.09. The Balaban J connectivity index is 1.90. The number of carboxylic acid groups (broad SMARTS) is 1. The van der Waals surface area contributed by atoms with Crippen molar-refractivity contribution in [3.63, 3.8) is 0 Å². The minimum Gasteiger partial charge on any atom is -0.482 e. The van der Waals surface area contributed by atoms with Gasteiger partial charge < -0.3 is 9.84 Å². The topological polar surface area (TPSA) is 46.5 Å². The Bertz CT molecular complexity index is 1010. The molecule has 0 aliphatic carbocycles. The van der Waals surface area contributed by atoms with Crippen LogP contribution in [0.15, 0.2) is 54.6 Å². The van der Waals surface area contributed by atoms with E-state index in [-0.39, 0.29) is 5.82 Å². The molecular weight excluding hydrogens is 402 g/mol. The van der Waals surface area contributed by atoms with E-state index in [9.17, 15) is 9.18 Å². The second-order valence-electron chi connectivity index (χ2n) is 6.38. The summed E-state index contributed by atoms with van der Waals surface area (Å²) in [6.07, 6.45) is 0.472. The molecule has 0 radical (unpaired) electrons. The zero-order valence-corrected chi connectivity index (χ0v) is 16.5. The van der Waals surface area contributed by atoms with Crippen LogP contribution in [-0.4, -0.2) is 17.7 Å². The molecule has 1 N–H and O–H groups in total. The van der Waals surface area contributed by atoms with Gasteiger partial charge in [-0.1, -0.05) is 53.5 Å². The smallest absolute Gasteiger partial charge is 0.341 e. The van der Waals surface area contributed by atoms with Crippen LogP contribution < -0.4 is 4.74 Å². The first-order valence-electron chi connectivity index (χ1n) is 8.51. The van der Waals surface area contributed by atoms with Crippen LogP contribution in [0.25, 0.3) is 11.1 Å². The second-order valence-corrected chi connectivity index (χ2v) is 7.20. The Labute approximate surface area is 172 Å². The van der Waals surface area contributed by atoms with Gasteiger partial charge in [-0.2, -0.15) is 0 Å². The molecule has 0 aliphatic rings. The SMILES string of the molecule is Cc1ccc(Cc2c(Cl)cc(OCC(=O)O)cc2Cl)cc1-c1cccc(F)c1. The summed E-state index contributed by atoms with van der Waals surface area (Å²) in [6, 6.07) is 15.5. The first-order chi connectivity index (χ1) is 13.3. The maximum absolute atomic E-state index is 13.6. The lowest BCUT2D eigenvalue weighted by molar-refractivity contribution is -0.139. The molecule has 0 spiro atoms. The summed E-state index contributed by atoms with van der Waals surface area (Å²) in [4.78, 5) is 10.6. The number of ether oxygens (including phenoxy) is 1. The van der Waals surface area contributed by atoms with Crippen LogP contribution in [0.3, 0.4) is 0 Å². The number of carboxylic acids is 1. The predicted octanol–water partition coefficient (Wildman–Crippen LogP) is 6.16. The van der Waals surface area contributed by atoms with Crippen molar-refractivity contribution >= 4 is 29.2 Å². The van der Waals surface area contributed by atoms with Crippen molar-refractivity contribution in [1.29, 1.82) is 0 Å². The molecule has 0 unspecified atom stereocenters. The molecule has 3 nitrogen and oxygen atoms in total. The van der Waals surface area contributed by atoms with E-state index in [1.165, 1.54) is 12.1 Å². The molecule has 0 bridgehead atoms. The van der Waals surface area contributed by atoms with E-state index >= 15 is 0 Å². The van der Waals surface area contributed by atoms with Crippen LogP contribution in [0.2, 0.25) is 10.0 Å². The van der Waals surface area contributed by atoms with E-state index in [0.29, 0.717) is 27.8 Å². The lowest BCUT2D eigenvalue weighted by atomic mass is 9.95. The van der Waals surface area contributed by atoms with Gasteiger partial charge in [0, 0.05) is 16.5 Å². The summed E-state index contributed by atoms with van der Waals surface area (Å²) in [5.41, 5.74) is 4.44. The van der Waals surface area contributed by atoms with Crippen molar-refractivity contribution in [1.82, 2.24) is 0 Å². The van der Waals surface area contributed by atoms with E-state index < -0.39 is 12.6 Å². The van der Waals surface area contributed by atoms with Gasteiger partial charge in [-0.3, -0.25) is 0 Å². The minimum atomic E-state index is -1.08. The van der Waals surface area contributed by atoms with Crippen LogP contribution in [-0.2, 0) is 11.2 Å². The zero-order valence-electron chi connectivity index (χ0n) is 15.0. The van der Waals surface area contributed by atoms with Gasteiger partial charge in [-0.05, 0) is 59.0 Å². The molecule has 0 saturated heterocycles. The third kappa shape index (κ3) is 4.83. The van der Waals surface area contributed by atoms with Crippen LogP contribution in [0, 0.1) is 12.7 Å². The molecule has 3 rings (SSSR count). The van der Waals surface area contributed by atoms with Gasteiger partial charge in [-0.15, -0.1) is 0 Å². The number of rotatable bonds is 6. The van der Waals surface area contributed by atoms with Crippen molar-refractivity contribution in [3.05, 3.63) is 87.2 Å². The second kappa shape index (κ2) is 8.63. The molecule has 0 amide bonds. The summed E-state index contributed by atoms with van der Waals surface area (Å²) < 4.78 is 18.7. The first kappa shape index (κ1) is 20.2. The van der Waals surface area contributed by atoms with Gasteiger partial charge in [0.25, 0.3) is 0 Å². The highest BCUT2D eigenvalue weighted by molar-refractivity contribution is 6.36. The number of aliphatic carboxylic acids is 1. The van der Waals surface area contributed by atoms with Crippen LogP contribution in [0.4, 0.5) is 4.39 Å². The summed E-state index contributed by atoms with van der Waals surface area (Å²) in [5.74, 6) is -1.07. The van der Waals surface area contributed by atoms with Gasteiger partial charge in [-0.25, -0.2) is 9.18 Å². The number of aryl methyl sites for hydroxylation is 1. The van der Waals surface area contributed by atoms with Gasteiger partial charge in [0.1, 0.15) is 11.6 Å². The molecule has 0 saturated carbocycles. The third-order valence-corrected chi connectivity index (χ3v) is 4.97. The van der Waals surface area contributed by atoms with E-state index in [4.69, 9.17) is 33.0 Å². The largest absolute Gasteiger partial charge is 0.482 e. The van der Waals surface area contributed by atoms with Crippen molar-refractivity contribution in [2.75, 3.05) is 6.61 Å². The predicted molar refractivity (Wildman–Crippen MR) is 109 cm³/mol. The maximum Gasteiger partial charge on any atom is 0.341 e. The van der Waals surface area contributed by atoms with Gasteiger partial charge in [0.15, 0.2) is 6.61 Å². The number of benzene rings is 3. The normalized spacial score (nSPS) is 10.7. The Hall–Kier alpha value is -2.56. The van der Waals surface area contributed by atoms with Crippen molar-refractivity contribution in [3.8, 4) is 16.9 Å².